The van der Waals surface area contributed by atoms with Gasteiger partial charge in [-0.1, -0.05) is 17.7 Å². The van der Waals surface area contributed by atoms with Gasteiger partial charge in [0.25, 0.3) is 5.56 Å². The topological polar surface area (TPSA) is 85.0 Å². The van der Waals surface area contributed by atoms with Crippen LogP contribution < -0.4 is 5.56 Å². The van der Waals surface area contributed by atoms with Crippen LogP contribution in [0.2, 0.25) is 5.02 Å². The highest BCUT2D eigenvalue weighted by molar-refractivity contribution is 6.30. The Morgan fingerprint density at radius 2 is 2.23 bits per heavy atom. The summed E-state index contributed by atoms with van der Waals surface area (Å²) in [7, 11) is 0. The fourth-order valence-corrected chi connectivity index (χ4v) is 2.10. The minimum atomic E-state index is -0.688. The predicted octanol–water partition coefficient (Wildman–Crippen LogP) is 2.24. The number of carbonyl (C=O) groups is 1. The van der Waals surface area contributed by atoms with E-state index in [1.54, 1.807) is 25.1 Å². The quantitative estimate of drug-likeness (QED) is 0.810. The molecule has 0 saturated carbocycles. The molecule has 0 atom stereocenters. The van der Waals surface area contributed by atoms with E-state index < -0.39 is 11.5 Å². The van der Waals surface area contributed by atoms with Gasteiger partial charge in [-0.25, -0.2) is 4.79 Å². The zero-order valence-corrected chi connectivity index (χ0v) is 12.7. The summed E-state index contributed by atoms with van der Waals surface area (Å²) >= 11 is 5.90. The Labute approximate surface area is 131 Å². The Kier molecular flexibility index (Phi) is 4.59. The van der Waals surface area contributed by atoms with Gasteiger partial charge >= 0.3 is 5.97 Å². The smallest absolute Gasteiger partial charge is 0.359 e. The number of aromatic nitrogens is 2. The van der Waals surface area contributed by atoms with Gasteiger partial charge in [0.2, 0.25) is 0 Å². The molecule has 2 rings (SSSR count). The molecule has 1 aromatic heterocycles. The number of carbonyl (C=O) groups excluding carboxylic acids is 1. The van der Waals surface area contributed by atoms with E-state index in [0.29, 0.717) is 10.7 Å². The van der Waals surface area contributed by atoms with Crippen LogP contribution in [0.5, 0.6) is 0 Å². The first-order valence-electron chi connectivity index (χ1n) is 6.46. The van der Waals surface area contributed by atoms with E-state index in [0.717, 1.165) is 4.68 Å². The van der Waals surface area contributed by atoms with Crippen LogP contribution in [0.15, 0.2) is 29.1 Å². The van der Waals surface area contributed by atoms with Crippen molar-refractivity contribution in [3.05, 3.63) is 56.5 Å². The number of nitrogens with zero attached hydrogens (tertiary/aromatic N) is 3. The molecule has 1 aromatic carbocycles. The van der Waals surface area contributed by atoms with Gasteiger partial charge in [0.1, 0.15) is 11.6 Å². The van der Waals surface area contributed by atoms with Gasteiger partial charge in [-0.3, -0.25) is 4.79 Å². The molecule has 112 valence electrons. The molecule has 0 bridgehead atoms. The van der Waals surface area contributed by atoms with Gasteiger partial charge in [0.15, 0.2) is 5.69 Å². The molecule has 0 amide bonds. The lowest BCUT2D eigenvalue weighted by atomic mass is 10.1. The first kappa shape index (κ1) is 15.7. The van der Waals surface area contributed by atoms with Crippen molar-refractivity contribution in [2.45, 2.75) is 13.8 Å². The lowest BCUT2D eigenvalue weighted by Gasteiger charge is -2.10. The SMILES string of the molecule is CCOC(=O)c1nn(-c2cccc(Cl)c2)c(=O)c(C#N)c1C. The highest BCUT2D eigenvalue weighted by Crippen LogP contribution is 2.15. The van der Waals surface area contributed by atoms with Crippen molar-refractivity contribution in [3.63, 3.8) is 0 Å². The number of esters is 1. The van der Waals surface area contributed by atoms with Gasteiger partial charge in [0, 0.05) is 10.6 Å². The highest BCUT2D eigenvalue weighted by Gasteiger charge is 2.21. The highest BCUT2D eigenvalue weighted by atomic mass is 35.5. The number of ether oxygens (including phenoxy) is 1. The Balaban J connectivity index is 2.75. The standard InChI is InChI=1S/C15H12ClN3O3/c1-3-22-15(21)13-9(2)12(8-17)14(20)19(18-13)11-6-4-5-10(16)7-11/h4-7H,3H2,1-2H3. The molecule has 6 nitrogen and oxygen atoms in total. The molecule has 0 fully saturated rings. The van der Waals surface area contributed by atoms with Crippen LogP contribution in [0.3, 0.4) is 0 Å². The molecule has 7 heteroatoms. The van der Waals surface area contributed by atoms with Gasteiger partial charge in [-0.2, -0.15) is 15.0 Å². The minimum absolute atomic E-state index is 0.0713. The zero-order valence-electron chi connectivity index (χ0n) is 12.0. The van der Waals surface area contributed by atoms with Crippen molar-refractivity contribution >= 4 is 17.6 Å². The summed E-state index contributed by atoms with van der Waals surface area (Å²) in [6, 6.07) is 8.21. The molecule has 0 unspecified atom stereocenters. The first-order valence-corrected chi connectivity index (χ1v) is 6.84. The van der Waals surface area contributed by atoms with Crippen LogP contribution >= 0.6 is 11.6 Å². The maximum absolute atomic E-state index is 12.3. The summed E-state index contributed by atoms with van der Waals surface area (Å²) in [4.78, 5) is 24.3. The average molecular weight is 318 g/mol. The summed E-state index contributed by atoms with van der Waals surface area (Å²) in [5.41, 5.74) is -0.282. The van der Waals surface area contributed by atoms with E-state index >= 15 is 0 Å². The lowest BCUT2D eigenvalue weighted by Crippen LogP contribution is -2.28. The molecule has 0 radical (unpaired) electrons. The third kappa shape index (κ3) is 2.85. The van der Waals surface area contributed by atoms with Gasteiger partial charge in [-0.05, 0) is 32.0 Å². The maximum atomic E-state index is 12.3. The molecule has 0 aliphatic heterocycles. The Bertz CT molecular complexity index is 837. The van der Waals surface area contributed by atoms with Gasteiger partial charge in [0.05, 0.1) is 12.3 Å². The summed E-state index contributed by atoms with van der Waals surface area (Å²) in [5, 5.41) is 13.6. The minimum Gasteiger partial charge on any atom is -0.461 e. The molecule has 0 saturated heterocycles. The van der Waals surface area contributed by atoms with Crippen molar-refractivity contribution in [1.82, 2.24) is 9.78 Å². The van der Waals surface area contributed by atoms with E-state index in [-0.39, 0.29) is 23.4 Å². The van der Waals surface area contributed by atoms with Crippen LogP contribution in [-0.4, -0.2) is 22.4 Å². The third-order valence-corrected chi connectivity index (χ3v) is 3.20. The molecule has 0 N–H and O–H groups in total. The monoisotopic (exact) mass is 317 g/mol. The molecule has 0 aliphatic carbocycles. The zero-order chi connectivity index (χ0) is 16.3. The number of benzene rings is 1. The van der Waals surface area contributed by atoms with Crippen LogP contribution in [-0.2, 0) is 4.74 Å². The van der Waals surface area contributed by atoms with E-state index in [1.165, 1.54) is 13.0 Å². The molecular formula is C15H12ClN3O3. The molecule has 0 aliphatic rings. The van der Waals surface area contributed by atoms with E-state index in [2.05, 4.69) is 5.10 Å². The van der Waals surface area contributed by atoms with Gasteiger partial charge < -0.3 is 4.74 Å². The fraction of sp³-hybridized carbons (Fsp3) is 0.200. The van der Waals surface area contributed by atoms with Crippen LogP contribution in [0.25, 0.3) is 5.69 Å². The third-order valence-electron chi connectivity index (χ3n) is 2.97. The van der Waals surface area contributed by atoms with Crippen molar-refractivity contribution in [1.29, 1.82) is 5.26 Å². The number of hydrogen-bond acceptors (Lipinski definition) is 5. The number of halogens is 1. The van der Waals surface area contributed by atoms with Gasteiger partial charge in [-0.15, -0.1) is 0 Å². The van der Waals surface area contributed by atoms with Crippen molar-refractivity contribution in [2.75, 3.05) is 6.61 Å². The maximum Gasteiger partial charge on any atom is 0.359 e. The Hall–Kier alpha value is -2.65. The average Bonchev–Trinajstić information content (AvgIpc) is 2.48. The summed E-state index contributed by atoms with van der Waals surface area (Å²) in [6.07, 6.45) is 0. The summed E-state index contributed by atoms with van der Waals surface area (Å²) in [5.74, 6) is -0.688. The number of nitriles is 1. The van der Waals surface area contributed by atoms with E-state index in [9.17, 15) is 14.9 Å². The second kappa shape index (κ2) is 6.41. The normalized spacial score (nSPS) is 10.1. The number of hydrogen-bond donors (Lipinski definition) is 0. The van der Waals surface area contributed by atoms with Crippen LogP contribution in [0.1, 0.15) is 28.5 Å². The van der Waals surface area contributed by atoms with Crippen LogP contribution in [0, 0.1) is 18.3 Å². The first-order chi connectivity index (χ1) is 10.5. The lowest BCUT2D eigenvalue weighted by molar-refractivity contribution is 0.0516. The van der Waals surface area contributed by atoms with Crippen molar-refractivity contribution in [3.8, 4) is 11.8 Å². The molecular weight excluding hydrogens is 306 g/mol. The Morgan fingerprint density at radius 1 is 1.50 bits per heavy atom. The number of rotatable bonds is 3. The fourth-order valence-electron chi connectivity index (χ4n) is 1.91. The van der Waals surface area contributed by atoms with Crippen LogP contribution in [0.4, 0.5) is 0 Å². The Morgan fingerprint density at radius 3 is 2.82 bits per heavy atom. The molecule has 22 heavy (non-hydrogen) atoms. The molecule has 2 aromatic rings. The summed E-state index contributed by atoms with van der Waals surface area (Å²) in [6.45, 7) is 3.31. The molecule has 1 heterocycles. The predicted molar refractivity (Wildman–Crippen MR) is 80.3 cm³/mol. The van der Waals surface area contributed by atoms with E-state index in [1.807, 2.05) is 6.07 Å². The largest absolute Gasteiger partial charge is 0.461 e. The van der Waals surface area contributed by atoms with Crippen molar-refractivity contribution < 1.29 is 9.53 Å². The van der Waals surface area contributed by atoms with Crippen molar-refractivity contribution in [2.24, 2.45) is 0 Å². The van der Waals surface area contributed by atoms with E-state index in [4.69, 9.17) is 16.3 Å². The second-order valence-electron chi connectivity index (χ2n) is 4.38. The molecule has 0 spiro atoms. The second-order valence-corrected chi connectivity index (χ2v) is 4.81. The summed E-state index contributed by atoms with van der Waals surface area (Å²) < 4.78 is 5.89.